The van der Waals surface area contributed by atoms with Crippen LogP contribution in [0.5, 0.6) is 5.75 Å². The van der Waals surface area contributed by atoms with Gasteiger partial charge in [-0.15, -0.1) is 5.10 Å². The van der Waals surface area contributed by atoms with Crippen LogP contribution in [-0.2, 0) is 17.9 Å². The van der Waals surface area contributed by atoms with Gasteiger partial charge >= 0.3 is 0 Å². The van der Waals surface area contributed by atoms with Crippen molar-refractivity contribution in [3.63, 3.8) is 0 Å². The van der Waals surface area contributed by atoms with Gasteiger partial charge < -0.3 is 25.2 Å². The molecule has 2 aliphatic rings. The van der Waals surface area contributed by atoms with Gasteiger partial charge in [-0.2, -0.15) is 0 Å². The second-order valence-electron chi connectivity index (χ2n) is 11.1. The Labute approximate surface area is 256 Å². The van der Waals surface area contributed by atoms with Crippen LogP contribution in [0.2, 0.25) is 5.02 Å². The first-order valence-electron chi connectivity index (χ1n) is 14.8. The van der Waals surface area contributed by atoms with E-state index in [0.29, 0.717) is 66.7 Å². The van der Waals surface area contributed by atoms with Crippen molar-refractivity contribution in [2.45, 2.75) is 58.7 Å². The monoisotopic (exact) mass is 607 g/mol. The van der Waals surface area contributed by atoms with Gasteiger partial charge in [0.1, 0.15) is 17.5 Å². The molecule has 1 atom stereocenters. The maximum Gasteiger partial charge on any atom is 0.255 e. The zero-order valence-corrected chi connectivity index (χ0v) is 25.4. The Morgan fingerprint density at radius 3 is 2.63 bits per heavy atom. The number of aromatic nitrogens is 3. The van der Waals surface area contributed by atoms with Crippen LogP contribution in [-0.4, -0.2) is 76.4 Å². The minimum atomic E-state index is -0.758. The van der Waals surface area contributed by atoms with Gasteiger partial charge in [-0.25, -0.2) is 0 Å². The van der Waals surface area contributed by atoms with E-state index in [0.717, 1.165) is 37.2 Å². The highest BCUT2D eigenvalue weighted by Crippen LogP contribution is 2.30. The van der Waals surface area contributed by atoms with Crippen molar-refractivity contribution in [2.75, 3.05) is 37.7 Å². The van der Waals surface area contributed by atoms with Crippen LogP contribution < -0.4 is 20.3 Å². The molecule has 2 aromatic carbocycles. The number of halogens is 1. The maximum atomic E-state index is 13.7. The second kappa shape index (κ2) is 13.9. The van der Waals surface area contributed by atoms with Crippen LogP contribution in [0.1, 0.15) is 64.6 Å². The van der Waals surface area contributed by atoms with E-state index in [4.69, 9.17) is 16.3 Å². The summed E-state index contributed by atoms with van der Waals surface area (Å²) in [6.07, 6.45) is 5.22. The van der Waals surface area contributed by atoms with Crippen LogP contribution in [0.4, 0.5) is 5.69 Å². The molecule has 0 aliphatic carbocycles. The molecule has 3 aromatic rings. The van der Waals surface area contributed by atoms with Gasteiger partial charge in [-0.1, -0.05) is 22.9 Å². The molecule has 1 aromatic heterocycles. The number of carbonyl (C=O) groups is 3. The third-order valence-corrected chi connectivity index (χ3v) is 7.99. The summed E-state index contributed by atoms with van der Waals surface area (Å²) in [5.74, 6) is -0.414. The second-order valence-corrected chi connectivity index (χ2v) is 11.5. The number of nitrogens with one attached hydrogen (secondary N) is 2. The molecule has 3 heterocycles. The number of hydrogen-bond donors (Lipinski definition) is 2. The predicted octanol–water partition coefficient (Wildman–Crippen LogP) is 3.59. The number of amides is 3. The number of anilines is 1. The Hall–Kier alpha value is -4.12. The lowest BCUT2D eigenvalue weighted by Crippen LogP contribution is -2.45. The van der Waals surface area contributed by atoms with E-state index < -0.39 is 6.04 Å². The molecule has 0 unspecified atom stereocenters. The quantitative estimate of drug-likeness (QED) is 0.457. The average molecular weight is 608 g/mol. The average Bonchev–Trinajstić information content (AvgIpc) is 3.68. The van der Waals surface area contributed by atoms with Crippen molar-refractivity contribution in [3.05, 3.63) is 70.0 Å². The van der Waals surface area contributed by atoms with Crippen LogP contribution in [0.25, 0.3) is 0 Å². The number of ether oxygens (including phenoxy) is 1. The Morgan fingerprint density at radius 2 is 1.84 bits per heavy atom. The van der Waals surface area contributed by atoms with Crippen LogP contribution in [0.3, 0.4) is 0 Å². The molecule has 11 nitrogen and oxygen atoms in total. The number of aryl methyl sites for hydroxylation is 2. The molecule has 2 aliphatic heterocycles. The first-order chi connectivity index (χ1) is 20.8. The first-order valence-corrected chi connectivity index (χ1v) is 15.2. The summed E-state index contributed by atoms with van der Waals surface area (Å²) in [6, 6.07) is 10.1. The minimum Gasteiger partial charge on any atom is -0.493 e. The van der Waals surface area contributed by atoms with Crippen molar-refractivity contribution < 1.29 is 19.1 Å². The van der Waals surface area contributed by atoms with Crippen LogP contribution >= 0.6 is 11.6 Å². The van der Waals surface area contributed by atoms with Gasteiger partial charge in [0.05, 0.1) is 35.6 Å². The van der Waals surface area contributed by atoms with Crippen LogP contribution in [0, 0.1) is 6.92 Å². The highest BCUT2D eigenvalue weighted by Gasteiger charge is 2.23. The molecule has 0 spiro atoms. The fourth-order valence-corrected chi connectivity index (χ4v) is 5.63. The van der Waals surface area contributed by atoms with Crippen LogP contribution in [0.15, 0.2) is 42.6 Å². The topological polar surface area (TPSA) is 122 Å². The van der Waals surface area contributed by atoms with Gasteiger partial charge in [0, 0.05) is 44.7 Å². The predicted molar refractivity (Wildman–Crippen MR) is 164 cm³/mol. The Bertz CT molecular complexity index is 1470. The molecule has 1 saturated heterocycles. The fourth-order valence-electron chi connectivity index (χ4n) is 5.32. The van der Waals surface area contributed by atoms with Crippen molar-refractivity contribution in [3.8, 4) is 5.75 Å². The lowest BCUT2D eigenvalue weighted by atomic mass is 10.1. The smallest absolute Gasteiger partial charge is 0.255 e. The Morgan fingerprint density at radius 1 is 1.02 bits per heavy atom. The maximum absolute atomic E-state index is 13.7. The van der Waals surface area contributed by atoms with E-state index in [1.807, 2.05) is 37.4 Å². The number of fused-ring (bicyclic) bond motifs is 3. The Kier molecular flexibility index (Phi) is 9.81. The Balaban J connectivity index is 1.32. The van der Waals surface area contributed by atoms with Gasteiger partial charge in [0.25, 0.3) is 11.8 Å². The van der Waals surface area contributed by atoms with Crippen molar-refractivity contribution in [1.82, 2.24) is 30.5 Å². The molecule has 43 heavy (non-hydrogen) atoms. The third kappa shape index (κ3) is 7.64. The van der Waals surface area contributed by atoms with Gasteiger partial charge in [-0.3, -0.25) is 19.1 Å². The lowest BCUT2D eigenvalue weighted by molar-refractivity contribution is -0.122. The summed E-state index contributed by atoms with van der Waals surface area (Å²) in [5.41, 5.74) is 3.42. The van der Waals surface area contributed by atoms with E-state index in [-0.39, 0.29) is 24.3 Å². The number of hydrogen-bond acceptors (Lipinski definition) is 7. The standard InChI is InChI=1S/C31H38ClN7O4/c1-21-7-9-25-28(17-21)43-16-6-15-39-20-24(35-36-39)19-38(14-5-11-33-29(40)22(2)34-30(25)41)31(42)23-8-10-27(26(32)18-23)37-12-3-4-13-37/h7-10,17-18,20,22H,3-6,11-16,19H2,1-2H3,(H,33,40)(H,34,41)/t22-/m1/s1. The molecular formula is C31H38ClN7O4. The van der Waals surface area contributed by atoms with E-state index >= 15 is 0 Å². The van der Waals surface area contributed by atoms with Gasteiger partial charge in [-0.05, 0) is 69.0 Å². The number of carbonyl (C=O) groups excluding carboxylic acids is 3. The summed E-state index contributed by atoms with van der Waals surface area (Å²) in [6.45, 7) is 7.34. The molecule has 0 radical (unpaired) electrons. The minimum absolute atomic E-state index is 0.177. The van der Waals surface area contributed by atoms with Crippen molar-refractivity contribution in [2.24, 2.45) is 0 Å². The molecule has 3 amide bonds. The third-order valence-electron chi connectivity index (χ3n) is 7.68. The zero-order chi connectivity index (χ0) is 30.3. The molecule has 0 saturated carbocycles. The first kappa shape index (κ1) is 30.3. The molecule has 1 fully saturated rings. The van der Waals surface area contributed by atoms with E-state index in [1.165, 1.54) is 0 Å². The molecule has 2 bridgehead atoms. The summed E-state index contributed by atoms with van der Waals surface area (Å²) in [5, 5.41) is 14.7. The normalized spacial score (nSPS) is 18.9. The van der Waals surface area contributed by atoms with E-state index in [1.54, 1.807) is 28.6 Å². The highest BCUT2D eigenvalue weighted by molar-refractivity contribution is 6.33. The molecule has 2 N–H and O–H groups in total. The van der Waals surface area contributed by atoms with Crippen molar-refractivity contribution >= 4 is 35.0 Å². The van der Waals surface area contributed by atoms with Gasteiger partial charge in [0.2, 0.25) is 5.91 Å². The summed E-state index contributed by atoms with van der Waals surface area (Å²) >= 11 is 6.63. The lowest BCUT2D eigenvalue weighted by Gasteiger charge is -2.24. The van der Waals surface area contributed by atoms with E-state index in [9.17, 15) is 14.4 Å². The van der Waals surface area contributed by atoms with Crippen molar-refractivity contribution in [1.29, 1.82) is 0 Å². The SMILES string of the molecule is Cc1ccc2c(c1)OCCCn1cc(nn1)CN(C(=O)c1ccc(N3CCCC3)c(Cl)c1)CCCNC(=O)[C@@H](C)NC2=O. The molecular weight excluding hydrogens is 570 g/mol. The highest BCUT2D eigenvalue weighted by atomic mass is 35.5. The molecule has 5 rings (SSSR count). The fraction of sp³-hybridized carbons (Fsp3) is 0.452. The summed E-state index contributed by atoms with van der Waals surface area (Å²) < 4.78 is 7.70. The molecule has 12 heteroatoms. The van der Waals surface area contributed by atoms with Gasteiger partial charge in [0.15, 0.2) is 0 Å². The number of nitrogens with zero attached hydrogens (tertiary/aromatic N) is 5. The largest absolute Gasteiger partial charge is 0.493 e. The number of rotatable bonds is 2. The summed E-state index contributed by atoms with van der Waals surface area (Å²) in [7, 11) is 0. The number of benzene rings is 2. The summed E-state index contributed by atoms with van der Waals surface area (Å²) in [4.78, 5) is 43.4. The van der Waals surface area contributed by atoms with E-state index in [2.05, 4.69) is 25.8 Å². The molecule has 228 valence electrons. The zero-order valence-electron chi connectivity index (χ0n) is 24.6.